The second-order valence-corrected chi connectivity index (χ2v) is 5.65. The van der Waals surface area contributed by atoms with Crippen LogP contribution in [-0.2, 0) is 0 Å². The Labute approximate surface area is 123 Å². The van der Waals surface area contributed by atoms with Gasteiger partial charge in [0.1, 0.15) is 17.3 Å². The second-order valence-electron chi connectivity index (χ2n) is 5.24. The molecular weight excluding hydrogens is 278 g/mol. The standard InChI is InChI=1S/C15H20F2N2S/c16-12-9-6-10-13(17)14(12)19-15(20)18-11-7-4-2-1-3-5-8-11/h6,9-11H,1-5,7-8H2,(H2,18,19,20). The van der Waals surface area contributed by atoms with E-state index in [2.05, 4.69) is 10.6 Å². The molecule has 20 heavy (non-hydrogen) atoms. The van der Waals surface area contributed by atoms with Gasteiger partial charge in [-0.2, -0.15) is 0 Å². The van der Waals surface area contributed by atoms with Crippen molar-refractivity contribution >= 4 is 23.0 Å². The Bertz CT molecular complexity index is 437. The highest BCUT2D eigenvalue weighted by atomic mass is 32.1. The van der Waals surface area contributed by atoms with Gasteiger partial charge in [0.25, 0.3) is 0 Å². The van der Waals surface area contributed by atoms with Crippen molar-refractivity contribution in [1.82, 2.24) is 5.32 Å². The molecule has 0 radical (unpaired) electrons. The van der Waals surface area contributed by atoms with E-state index in [-0.39, 0.29) is 5.69 Å². The molecule has 5 heteroatoms. The number of para-hydroxylation sites is 1. The second kappa shape index (κ2) is 7.53. The lowest BCUT2D eigenvalue weighted by Gasteiger charge is -2.23. The van der Waals surface area contributed by atoms with Gasteiger partial charge in [-0.05, 0) is 37.2 Å². The van der Waals surface area contributed by atoms with Gasteiger partial charge in [-0.3, -0.25) is 0 Å². The monoisotopic (exact) mass is 298 g/mol. The van der Waals surface area contributed by atoms with E-state index in [1.54, 1.807) is 0 Å². The molecule has 1 fully saturated rings. The smallest absolute Gasteiger partial charge is 0.171 e. The van der Waals surface area contributed by atoms with Crippen LogP contribution in [0, 0.1) is 11.6 Å². The minimum atomic E-state index is -0.633. The lowest BCUT2D eigenvalue weighted by molar-refractivity contribution is 0.429. The number of hydrogen-bond acceptors (Lipinski definition) is 1. The van der Waals surface area contributed by atoms with E-state index < -0.39 is 11.6 Å². The minimum absolute atomic E-state index is 0.184. The Hall–Kier alpha value is -1.23. The van der Waals surface area contributed by atoms with Crippen LogP contribution in [0.25, 0.3) is 0 Å². The van der Waals surface area contributed by atoms with E-state index in [1.807, 2.05) is 0 Å². The molecule has 1 aromatic carbocycles. The van der Waals surface area contributed by atoms with Crippen LogP contribution in [0.1, 0.15) is 44.9 Å². The van der Waals surface area contributed by atoms with Gasteiger partial charge in [0, 0.05) is 6.04 Å². The summed E-state index contributed by atoms with van der Waals surface area (Å²) in [5.74, 6) is -1.27. The fourth-order valence-electron chi connectivity index (χ4n) is 2.55. The molecule has 1 saturated carbocycles. The van der Waals surface area contributed by atoms with E-state index >= 15 is 0 Å². The molecule has 1 aliphatic rings. The SMILES string of the molecule is Fc1cccc(F)c1NC(=S)NC1CCCCCCC1. The normalized spacial score (nSPS) is 17.1. The van der Waals surface area contributed by atoms with Crippen LogP contribution in [0.5, 0.6) is 0 Å². The van der Waals surface area contributed by atoms with Gasteiger partial charge in [0.05, 0.1) is 0 Å². The fraction of sp³-hybridized carbons (Fsp3) is 0.533. The molecule has 0 unspecified atom stereocenters. The zero-order valence-electron chi connectivity index (χ0n) is 11.4. The first-order chi connectivity index (χ1) is 9.66. The highest BCUT2D eigenvalue weighted by Gasteiger charge is 2.14. The quantitative estimate of drug-likeness (QED) is 0.793. The first-order valence-electron chi connectivity index (χ1n) is 7.18. The van der Waals surface area contributed by atoms with Crippen LogP contribution in [0.15, 0.2) is 18.2 Å². The summed E-state index contributed by atoms with van der Waals surface area (Å²) >= 11 is 5.16. The highest BCUT2D eigenvalue weighted by molar-refractivity contribution is 7.80. The Kier molecular flexibility index (Phi) is 5.71. The Morgan fingerprint density at radius 3 is 2.15 bits per heavy atom. The summed E-state index contributed by atoms with van der Waals surface area (Å²) in [6.45, 7) is 0. The number of hydrogen-bond donors (Lipinski definition) is 2. The van der Waals surface area contributed by atoms with Crippen molar-refractivity contribution in [3.8, 4) is 0 Å². The van der Waals surface area contributed by atoms with Crippen molar-refractivity contribution in [2.45, 2.75) is 51.0 Å². The zero-order chi connectivity index (χ0) is 14.4. The van der Waals surface area contributed by atoms with Crippen LogP contribution in [-0.4, -0.2) is 11.2 Å². The number of benzene rings is 1. The van der Waals surface area contributed by atoms with Crippen molar-refractivity contribution in [3.63, 3.8) is 0 Å². The topological polar surface area (TPSA) is 24.1 Å². The maximum atomic E-state index is 13.5. The van der Waals surface area contributed by atoms with Crippen molar-refractivity contribution in [2.75, 3.05) is 5.32 Å². The summed E-state index contributed by atoms with van der Waals surface area (Å²) in [6, 6.07) is 4.06. The Balaban J connectivity index is 1.91. The minimum Gasteiger partial charge on any atom is -0.360 e. The summed E-state index contributed by atoms with van der Waals surface area (Å²) < 4.78 is 27.0. The molecule has 0 spiro atoms. The maximum absolute atomic E-state index is 13.5. The van der Waals surface area contributed by atoms with Crippen molar-refractivity contribution in [2.24, 2.45) is 0 Å². The summed E-state index contributed by atoms with van der Waals surface area (Å²) in [5, 5.41) is 6.10. The number of thiocarbonyl (C=S) groups is 1. The highest BCUT2D eigenvalue weighted by Crippen LogP contribution is 2.19. The molecule has 0 atom stereocenters. The van der Waals surface area contributed by atoms with Gasteiger partial charge in [-0.1, -0.05) is 38.2 Å². The van der Waals surface area contributed by atoms with Crippen molar-refractivity contribution in [1.29, 1.82) is 0 Å². The van der Waals surface area contributed by atoms with E-state index in [9.17, 15) is 8.78 Å². The van der Waals surface area contributed by atoms with Crippen molar-refractivity contribution < 1.29 is 8.78 Å². The van der Waals surface area contributed by atoms with Crippen LogP contribution in [0.2, 0.25) is 0 Å². The summed E-state index contributed by atoms with van der Waals surface area (Å²) in [4.78, 5) is 0. The molecular formula is C15H20F2N2S. The summed E-state index contributed by atoms with van der Waals surface area (Å²) in [6.07, 6.45) is 8.27. The molecule has 0 aliphatic heterocycles. The first-order valence-corrected chi connectivity index (χ1v) is 7.59. The molecule has 0 heterocycles. The third kappa shape index (κ3) is 4.40. The summed E-state index contributed by atoms with van der Waals surface area (Å²) in [5.41, 5.74) is -0.184. The third-order valence-corrected chi connectivity index (χ3v) is 3.86. The number of anilines is 1. The summed E-state index contributed by atoms with van der Waals surface area (Å²) in [7, 11) is 0. The third-order valence-electron chi connectivity index (χ3n) is 3.64. The van der Waals surface area contributed by atoms with Gasteiger partial charge in [0.15, 0.2) is 5.11 Å². The van der Waals surface area contributed by atoms with Crippen LogP contribution in [0.4, 0.5) is 14.5 Å². The van der Waals surface area contributed by atoms with Gasteiger partial charge in [-0.15, -0.1) is 0 Å². The van der Waals surface area contributed by atoms with E-state index in [0.717, 1.165) is 12.8 Å². The fourth-order valence-corrected chi connectivity index (χ4v) is 2.82. The lowest BCUT2D eigenvalue weighted by atomic mass is 9.97. The molecule has 2 rings (SSSR count). The molecule has 1 aliphatic carbocycles. The Morgan fingerprint density at radius 1 is 1.00 bits per heavy atom. The van der Waals surface area contributed by atoms with Crippen LogP contribution >= 0.6 is 12.2 Å². The number of halogens is 2. The molecule has 0 aromatic heterocycles. The first kappa shape index (κ1) is 15.2. The molecule has 110 valence electrons. The lowest BCUT2D eigenvalue weighted by Crippen LogP contribution is -2.38. The molecule has 0 bridgehead atoms. The molecule has 1 aromatic rings. The van der Waals surface area contributed by atoms with E-state index in [0.29, 0.717) is 11.2 Å². The van der Waals surface area contributed by atoms with Crippen LogP contribution < -0.4 is 10.6 Å². The predicted octanol–water partition coefficient (Wildman–Crippen LogP) is 4.36. The van der Waals surface area contributed by atoms with E-state index in [1.165, 1.54) is 50.3 Å². The van der Waals surface area contributed by atoms with Gasteiger partial charge < -0.3 is 10.6 Å². The van der Waals surface area contributed by atoms with Crippen LogP contribution in [0.3, 0.4) is 0 Å². The molecule has 2 nitrogen and oxygen atoms in total. The zero-order valence-corrected chi connectivity index (χ0v) is 12.2. The van der Waals surface area contributed by atoms with Crippen molar-refractivity contribution in [3.05, 3.63) is 29.8 Å². The van der Waals surface area contributed by atoms with E-state index in [4.69, 9.17) is 12.2 Å². The molecule has 0 amide bonds. The van der Waals surface area contributed by atoms with Gasteiger partial charge >= 0.3 is 0 Å². The number of rotatable bonds is 2. The number of nitrogens with one attached hydrogen (secondary N) is 2. The van der Waals surface area contributed by atoms with Gasteiger partial charge in [0.2, 0.25) is 0 Å². The average molecular weight is 298 g/mol. The molecule has 0 saturated heterocycles. The maximum Gasteiger partial charge on any atom is 0.171 e. The predicted molar refractivity (Wildman–Crippen MR) is 81.8 cm³/mol. The molecule has 2 N–H and O–H groups in total. The largest absolute Gasteiger partial charge is 0.360 e. The Morgan fingerprint density at radius 2 is 1.55 bits per heavy atom. The average Bonchev–Trinajstić information content (AvgIpc) is 2.37. The van der Waals surface area contributed by atoms with Gasteiger partial charge in [-0.25, -0.2) is 8.78 Å².